The third kappa shape index (κ3) is 4.29. The van der Waals surface area contributed by atoms with Gasteiger partial charge in [0.2, 0.25) is 0 Å². The molecule has 15 heavy (non-hydrogen) atoms. The van der Waals surface area contributed by atoms with Crippen molar-refractivity contribution in [1.82, 2.24) is 5.32 Å². The van der Waals surface area contributed by atoms with Crippen molar-refractivity contribution in [3.05, 3.63) is 28.2 Å². The SMILES string of the molecule is CNCC(C)COc1ccc(Cl)cc1Cl. The lowest BCUT2D eigenvalue weighted by molar-refractivity contribution is 0.258. The Balaban J connectivity index is 2.50. The van der Waals surface area contributed by atoms with Gasteiger partial charge in [-0.3, -0.25) is 0 Å². The van der Waals surface area contributed by atoms with Crippen molar-refractivity contribution in [3.63, 3.8) is 0 Å². The summed E-state index contributed by atoms with van der Waals surface area (Å²) >= 11 is 11.7. The molecule has 0 saturated carbocycles. The summed E-state index contributed by atoms with van der Waals surface area (Å²) in [6, 6.07) is 5.24. The summed E-state index contributed by atoms with van der Waals surface area (Å²) in [4.78, 5) is 0. The molecule has 1 N–H and O–H groups in total. The second-order valence-electron chi connectivity index (χ2n) is 3.55. The minimum absolute atomic E-state index is 0.446. The topological polar surface area (TPSA) is 21.3 Å². The van der Waals surface area contributed by atoms with E-state index < -0.39 is 0 Å². The van der Waals surface area contributed by atoms with Crippen LogP contribution in [-0.2, 0) is 0 Å². The Morgan fingerprint density at radius 2 is 2.13 bits per heavy atom. The lowest BCUT2D eigenvalue weighted by Crippen LogP contribution is -2.21. The molecule has 1 unspecified atom stereocenters. The lowest BCUT2D eigenvalue weighted by atomic mass is 10.2. The number of halogens is 2. The maximum absolute atomic E-state index is 5.96. The summed E-state index contributed by atoms with van der Waals surface area (Å²) in [7, 11) is 1.92. The minimum Gasteiger partial charge on any atom is -0.492 e. The summed E-state index contributed by atoms with van der Waals surface area (Å²) in [6.45, 7) is 3.67. The van der Waals surface area contributed by atoms with Crippen LogP contribution in [-0.4, -0.2) is 20.2 Å². The first-order valence-corrected chi connectivity index (χ1v) is 5.61. The highest BCUT2D eigenvalue weighted by Crippen LogP contribution is 2.27. The van der Waals surface area contributed by atoms with Crippen molar-refractivity contribution in [2.45, 2.75) is 6.92 Å². The van der Waals surface area contributed by atoms with Crippen LogP contribution in [0.1, 0.15) is 6.92 Å². The Morgan fingerprint density at radius 1 is 1.40 bits per heavy atom. The van der Waals surface area contributed by atoms with Gasteiger partial charge in [-0.05, 0) is 25.2 Å². The van der Waals surface area contributed by atoms with E-state index in [2.05, 4.69) is 12.2 Å². The second-order valence-corrected chi connectivity index (χ2v) is 4.39. The molecule has 0 amide bonds. The smallest absolute Gasteiger partial charge is 0.137 e. The van der Waals surface area contributed by atoms with Crippen molar-refractivity contribution in [1.29, 1.82) is 0 Å². The number of benzene rings is 1. The average Bonchev–Trinajstić information content (AvgIpc) is 2.17. The standard InChI is InChI=1S/C11H15Cl2NO/c1-8(6-14-2)7-15-11-4-3-9(12)5-10(11)13/h3-5,8,14H,6-7H2,1-2H3. The fraction of sp³-hybridized carbons (Fsp3) is 0.455. The van der Waals surface area contributed by atoms with Gasteiger partial charge >= 0.3 is 0 Å². The van der Waals surface area contributed by atoms with Gasteiger partial charge in [0.1, 0.15) is 5.75 Å². The molecule has 0 aromatic heterocycles. The van der Waals surface area contributed by atoms with E-state index in [-0.39, 0.29) is 0 Å². The molecule has 0 spiro atoms. The summed E-state index contributed by atoms with van der Waals surface area (Å²) in [5.41, 5.74) is 0. The highest BCUT2D eigenvalue weighted by atomic mass is 35.5. The van der Waals surface area contributed by atoms with E-state index in [0.717, 1.165) is 6.54 Å². The van der Waals surface area contributed by atoms with Crippen molar-refractivity contribution in [2.75, 3.05) is 20.2 Å². The molecule has 84 valence electrons. The van der Waals surface area contributed by atoms with Crippen molar-refractivity contribution in [3.8, 4) is 5.75 Å². The fourth-order valence-corrected chi connectivity index (χ4v) is 1.69. The van der Waals surface area contributed by atoms with Gasteiger partial charge in [0.15, 0.2) is 0 Å². The third-order valence-corrected chi connectivity index (χ3v) is 2.50. The number of hydrogen-bond donors (Lipinski definition) is 1. The van der Waals surface area contributed by atoms with E-state index in [4.69, 9.17) is 27.9 Å². The quantitative estimate of drug-likeness (QED) is 0.863. The highest BCUT2D eigenvalue weighted by Gasteiger charge is 2.05. The maximum Gasteiger partial charge on any atom is 0.137 e. The van der Waals surface area contributed by atoms with Crippen LogP contribution in [0.15, 0.2) is 18.2 Å². The van der Waals surface area contributed by atoms with Crippen LogP contribution in [0.3, 0.4) is 0 Å². The molecule has 4 heteroatoms. The first-order chi connectivity index (χ1) is 7.13. The predicted molar refractivity (Wildman–Crippen MR) is 65.0 cm³/mol. The summed E-state index contributed by atoms with van der Waals surface area (Å²) in [5, 5.41) is 4.27. The van der Waals surface area contributed by atoms with Crippen LogP contribution >= 0.6 is 23.2 Å². The zero-order valence-electron chi connectivity index (χ0n) is 8.89. The van der Waals surface area contributed by atoms with Gasteiger partial charge in [-0.1, -0.05) is 30.1 Å². The molecule has 1 atom stereocenters. The van der Waals surface area contributed by atoms with Crippen LogP contribution in [0.25, 0.3) is 0 Å². The van der Waals surface area contributed by atoms with E-state index in [1.54, 1.807) is 18.2 Å². The molecule has 0 radical (unpaired) electrons. The van der Waals surface area contributed by atoms with Gasteiger partial charge in [0, 0.05) is 17.5 Å². The molecule has 1 aromatic rings. The molecule has 2 nitrogen and oxygen atoms in total. The second kappa shape index (κ2) is 6.21. The summed E-state index contributed by atoms with van der Waals surface area (Å²) in [6.07, 6.45) is 0. The number of nitrogens with one attached hydrogen (secondary N) is 1. The van der Waals surface area contributed by atoms with Crippen LogP contribution in [0.4, 0.5) is 0 Å². The number of hydrogen-bond acceptors (Lipinski definition) is 2. The predicted octanol–water partition coefficient (Wildman–Crippen LogP) is 3.23. The highest BCUT2D eigenvalue weighted by molar-refractivity contribution is 6.35. The molecule has 1 aromatic carbocycles. The van der Waals surface area contributed by atoms with E-state index >= 15 is 0 Å². The Morgan fingerprint density at radius 3 is 2.73 bits per heavy atom. The average molecular weight is 248 g/mol. The van der Waals surface area contributed by atoms with E-state index in [0.29, 0.717) is 28.3 Å². The molecule has 0 heterocycles. The normalized spacial score (nSPS) is 12.5. The summed E-state index contributed by atoms with van der Waals surface area (Å²) < 4.78 is 5.58. The van der Waals surface area contributed by atoms with Crippen molar-refractivity contribution < 1.29 is 4.74 Å². The number of ether oxygens (including phenoxy) is 1. The summed E-state index contributed by atoms with van der Waals surface area (Å²) in [5.74, 6) is 1.13. The first-order valence-electron chi connectivity index (χ1n) is 4.86. The van der Waals surface area contributed by atoms with Crippen LogP contribution in [0, 0.1) is 5.92 Å². The molecule has 0 saturated heterocycles. The molecule has 0 aliphatic rings. The van der Waals surface area contributed by atoms with E-state index in [1.807, 2.05) is 7.05 Å². The van der Waals surface area contributed by atoms with Gasteiger partial charge < -0.3 is 10.1 Å². The third-order valence-electron chi connectivity index (χ3n) is 1.97. The molecule has 1 rings (SSSR count). The number of rotatable bonds is 5. The van der Waals surface area contributed by atoms with Gasteiger partial charge in [0.05, 0.1) is 11.6 Å². The largest absolute Gasteiger partial charge is 0.492 e. The Labute approximate surface area is 101 Å². The molecule has 0 aliphatic heterocycles. The monoisotopic (exact) mass is 247 g/mol. The van der Waals surface area contributed by atoms with E-state index in [1.165, 1.54) is 0 Å². The molecular weight excluding hydrogens is 233 g/mol. The van der Waals surface area contributed by atoms with E-state index in [9.17, 15) is 0 Å². The molecule has 0 aliphatic carbocycles. The zero-order chi connectivity index (χ0) is 11.3. The van der Waals surface area contributed by atoms with Gasteiger partial charge in [-0.2, -0.15) is 0 Å². The van der Waals surface area contributed by atoms with Gasteiger partial charge in [0.25, 0.3) is 0 Å². The fourth-order valence-electron chi connectivity index (χ4n) is 1.23. The lowest BCUT2D eigenvalue weighted by Gasteiger charge is -2.13. The maximum atomic E-state index is 5.96. The molecule has 0 fully saturated rings. The van der Waals surface area contributed by atoms with Gasteiger partial charge in [-0.15, -0.1) is 0 Å². The minimum atomic E-state index is 0.446. The Kier molecular flexibility index (Phi) is 5.23. The van der Waals surface area contributed by atoms with Crippen molar-refractivity contribution >= 4 is 23.2 Å². The van der Waals surface area contributed by atoms with Gasteiger partial charge in [-0.25, -0.2) is 0 Å². The van der Waals surface area contributed by atoms with Crippen LogP contribution in [0.2, 0.25) is 10.0 Å². The Hall–Kier alpha value is -0.440. The van der Waals surface area contributed by atoms with Crippen LogP contribution < -0.4 is 10.1 Å². The molecular formula is C11H15Cl2NO. The van der Waals surface area contributed by atoms with Crippen molar-refractivity contribution in [2.24, 2.45) is 5.92 Å². The molecule has 0 bridgehead atoms. The zero-order valence-corrected chi connectivity index (χ0v) is 10.4. The Bertz CT molecular complexity index is 317. The van der Waals surface area contributed by atoms with Crippen LogP contribution in [0.5, 0.6) is 5.75 Å². The first kappa shape index (κ1) is 12.6.